The highest BCUT2D eigenvalue weighted by atomic mass is 35.5. The first-order valence-corrected chi connectivity index (χ1v) is 7.40. The lowest BCUT2D eigenvalue weighted by Crippen LogP contribution is -2.01. The molecule has 0 aliphatic heterocycles. The Morgan fingerprint density at radius 3 is 2.71 bits per heavy atom. The van der Waals surface area contributed by atoms with E-state index in [1.807, 2.05) is 13.0 Å². The van der Waals surface area contributed by atoms with Gasteiger partial charge in [0.2, 0.25) is 0 Å². The van der Waals surface area contributed by atoms with Crippen molar-refractivity contribution in [1.82, 2.24) is 9.97 Å². The third kappa shape index (κ3) is 3.00. The van der Waals surface area contributed by atoms with Gasteiger partial charge in [0.05, 0.1) is 4.21 Å². The Bertz CT molecular complexity index is 509. The molecule has 2 rings (SSSR count). The first-order valence-electron chi connectivity index (χ1n) is 5.33. The Morgan fingerprint density at radius 1 is 1.35 bits per heavy atom. The highest BCUT2D eigenvalue weighted by molar-refractivity contribution is 8.01. The molecule has 2 aromatic heterocycles. The maximum atomic E-state index is 6.14. The van der Waals surface area contributed by atoms with Crippen molar-refractivity contribution in [3.63, 3.8) is 0 Å². The van der Waals surface area contributed by atoms with E-state index in [9.17, 15) is 0 Å². The zero-order chi connectivity index (χ0) is 12.4. The number of hydrogen-bond acceptors (Lipinski definition) is 4. The number of aromatic nitrogens is 2. The molecule has 0 bridgehead atoms. The zero-order valence-corrected chi connectivity index (χ0v) is 12.3. The van der Waals surface area contributed by atoms with Crippen LogP contribution in [0.15, 0.2) is 26.7 Å². The molecule has 0 saturated heterocycles. The van der Waals surface area contributed by atoms with Gasteiger partial charge < -0.3 is 0 Å². The second kappa shape index (κ2) is 5.38. The molecule has 0 N–H and O–H groups in total. The maximum Gasteiger partial charge on any atom is 0.136 e. The van der Waals surface area contributed by atoms with E-state index in [4.69, 9.17) is 11.6 Å². The largest absolute Gasteiger partial charge is 0.226 e. The van der Waals surface area contributed by atoms with Gasteiger partial charge in [0.1, 0.15) is 16.0 Å². The molecule has 0 amide bonds. The lowest BCUT2D eigenvalue weighted by Gasteiger charge is -2.09. The highest BCUT2D eigenvalue weighted by Crippen LogP contribution is 2.34. The predicted octanol–water partition coefficient (Wildman–Crippen LogP) is 4.77. The fourth-order valence-electron chi connectivity index (χ4n) is 1.26. The van der Waals surface area contributed by atoms with Crippen LogP contribution in [0.1, 0.15) is 31.2 Å². The molecule has 2 heterocycles. The SMILES string of the molecule is Cc1c(Cl)nc(C(C)C)nc1Sc1cccs1. The molecule has 0 aliphatic rings. The molecule has 2 nitrogen and oxygen atoms in total. The molecule has 90 valence electrons. The summed E-state index contributed by atoms with van der Waals surface area (Å²) in [6, 6.07) is 4.12. The van der Waals surface area contributed by atoms with Gasteiger partial charge in [-0.15, -0.1) is 11.3 Å². The number of nitrogens with zero attached hydrogens (tertiary/aromatic N) is 2. The topological polar surface area (TPSA) is 25.8 Å². The normalized spacial score (nSPS) is 11.1. The number of hydrogen-bond donors (Lipinski definition) is 0. The molecule has 0 radical (unpaired) electrons. The summed E-state index contributed by atoms with van der Waals surface area (Å²) >= 11 is 9.50. The van der Waals surface area contributed by atoms with Crippen molar-refractivity contribution in [3.8, 4) is 0 Å². The van der Waals surface area contributed by atoms with Crippen LogP contribution in [-0.4, -0.2) is 9.97 Å². The molecule has 2 aromatic rings. The van der Waals surface area contributed by atoms with Gasteiger partial charge in [0.15, 0.2) is 0 Å². The molecule has 0 aromatic carbocycles. The van der Waals surface area contributed by atoms with E-state index in [0.29, 0.717) is 5.15 Å². The van der Waals surface area contributed by atoms with E-state index < -0.39 is 0 Å². The Labute approximate surface area is 114 Å². The standard InChI is InChI=1S/C12H13ClN2S2/c1-7(2)11-14-10(13)8(3)12(15-11)17-9-5-4-6-16-9/h4-7H,1-3H3. The zero-order valence-electron chi connectivity index (χ0n) is 9.90. The van der Waals surface area contributed by atoms with E-state index in [0.717, 1.165) is 16.4 Å². The van der Waals surface area contributed by atoms with Crippen LogP contribution in [0.5, 0.6) is 0 Å². The summed E-state index contributed by atoms with van der Waals surface area (Å²) < 4.78 is 1.22. The Hall–Kier alpha value is -0.580. The van der Waals surface area contributed by atoms with Crippen LogP contribution in [-0.2, 0) is 0 Å². The third-order valence-corrected chi connectivity index (χ3v) is 4.76. The number of halogens is 1. The van der Waals surface area contributed by atoms with Crippen molar-refractivity contribution in [2.24, 2.45) is 0 Å². The van der Waals surface area contributed by atoms with Crippen molar-refractivity contribution in [1.29, 1.82) is 0 Å². The smallest absolute Gasteiger partial charge is 0.136 e. The van der Waals surface area contributed by atoms with Crippen LogP contribution in [0.4, 0.5) is 0 Å². The maximum absolute atomic E-state index is 6.14. The fourth-order valence-corrected chi connectivity index (χ4v) is 3.26. The lowest BCUT2D eigenvalue weighted by atomic mass is 10.2. The van der Waals surface area contributed by atoms with Crippen molar-refractivity contribution in [2.45, 2.75) is 35.9 Å². The first-order chi connectivity index (χ1) is 8.08. The number of thiophene rings is 1. The highest BCUT2D eigenvalue weighted by Gasteiger charge is 2.13. The van der Waals surface area contributed by atoms with Gasteiger partial charge in [-0.1, -0.05) is 43.3 Å². The van der Waals surface area contributed by atoms with E-state index >= 15 is 0 Å². The second-order valence-electron chi connectivity index (χ2n) is 3.99. The average molecular weight is 285 g/mol. The molecule has 0 aliphatic carbocycles. The van der Waals surface area contributed by atoms with Crippen molar-refractivity contribution >= 4 is 34.7 Å². The Kier molecular flexibility index (Phi) is 4.07. The van der Waals surface area contributed by atoms with Crippen LogP contribution < -0.4 is 0 Å². The van der Waals surface area contributed by atoms with Gasteiger partial charge in [0.25, 0.3) is 0 Å². The quantitative estimate of drug-likeness (QED) is 0.759. The summed E-state index contributed by atoms with van der Waals surface area (Å²) in [6.07, 6.45) is 0. The minimum Gasteiger partial charge on any atom is -0.226 e. The lowest BCUT2D eigenvalue weighted by molar-refractivity contribution is 0.747. The Morgan fingerprint density at radius 2 is 2.12 bits per heavy atom. The molecule has 0 atom stereocenters. The molecule has 0 spiro atoms. The molecule has 5 heteroatoms. The van der Waals surface area contributed by atoms with E-state index in [2.05, 4.69) is 35.3 Å². The summed E-state index contributed by atoms with van der Waals surface area (Å²) in [5.74, 6) is 1.09. The van der Waals surface area contributed by atoms with Gasteiger partial charge in [0, 0.05) is 11.5 Å². The van der Waals surface area contributed by atoms with Crippen molar-refractivity contribution in [2.75, 3.05) is 0 Å². The molecule has 0 fully saturated rings. The molecular formula is C12H13ClN2S2. The van der Waals surface area contributed by atoms with Gasteiger partial charge in [-0.25, -0.2) is 9.97 Å². The van der Waals surface area contributed by atoms with E-state index in [-0.39, 0.29) is 5.92 Å². The van der Waals surface area contributed by atoms with Gasteiger partial charge in [-0.05, 0) is 18.4 Å². The van der Waals surface area contributed by atoms with Gasteiger partial charge >= 0.3 is 0 Å². The molecular weight excluding hydrogens is 272 g/mol. The van der Waals surface area contributed by atoms with Crippen LogP contribution in [0.3, 0.4) is 0 Å². The molecule has 0 unspecified atom stereocenters. The second-order valence-corrected chi connectivity index (χ2v) is 6.59. The minimum atomic E-state index is 0.288. The summed E-state index contributed by atoms with van der Waals surface area (Å²) in [7, 11) is 0. The first kappa shape index (κ1) is 12.9. The average Bonchev–Trinajstić information content (AvgIpc) is 2.77. The summed E-state index contributed by atoms with van der Waals surface area (Å²) in [4.78, 5) is 8.89. The minimum absolute atomic E-state index is 0.288. The van der Waals surface area contributed by atoms with Crippen LogP contribution in [0.25, 0.3) is 0 Å². The van der Waals surface area contributed by atoms with Crippen molar-refractivity contribution in [3.05, 3.63) is 34.1 Å². The van der Waals surface area contributed by atoms with Crippen molar-refractivity contribution < 1.29 is 0 Å². The van der Waals surface area contributed by atoms with Crippen LogP contribution in [0.2, 0.25) is 5.15 Å². The van der Waals surface area contributed by atoms with Crippen LogP contribution >= 0.6 is 34.7 Å². The van der Waals surface area contributed by atoms with Gasteiger partial charge in [-0.2, -0.15) is 0 Å². The van der Waals surface area contributed by atoms with E-state index in [1.165, 1.54) is 4.21 Å². The summed E-state index contributed by atoms with van der Waals surface area (Å²) in [5.41, 5.74) is 0.953. The Balaban J connectivity index is 2.38. The summed E-state index contributed by atoms with van der Waals surface area (Å²) in [5, 5.41) is 3.57. The predicted molar refractivity (Wildman–Crippen MR) is 74.3 cm³/mol. The summed E-state index contributed by atoms with van der Waals surface area (Å²) in [6.45, 7) is 6.10. The molecule has 0 saturated carbocycles. The fraction of sp³-hybridized carbons (Fsp3) is 0.333. The third-order valence-electron chi connectivity index (χ3n) is 2.27. The number of rotatable bonds is 3. The van der Waals surface area contributed by atoms with Crippen LogP contribution in [0, 0.1) is 6.92 Å². The van der Waals surface area contributed by atoms with Gasteiger partial charge in [-0.3, -0.25) is 0 Å². The van der Waals surface area contributed by atoms with E-state index in [1.54, 1.807) is 23.1 Å². The molecule has 17 heavy (non-hydrogen) atoms. The monoisotopic (exact) mass is 284 g/mol.